The van der Waals surface area contributed by atoms with Gasteiger partial charge < -0.3 is 0 Å². The molecule has 0 fully saturated rings. The lowest BCUT2D eigenvalue weighted by atomic mass is 10.2. The Morgan fingerprint density at radius 1 is 0.875 bits per heavy atom. The molecule has 0 unspecified atom stereocenters. The Bertz CT molecular complexity index is 578. The van der Waals surface area contributed by atoms with Crippen molar-refractivity contribution in [2.75, 3.05) is 0 Å². The quantitative estimate of drug-likeness (QED) is 0.689. The molecule has 16 heavy (non-hydrogen) atoms. The van der Waals surface area contributed by atoms with Crippen LogP contribution in [-0.4, -0.2) is 4.62 Å². The Labute approximate surface area is 107 Å². The number of hydrogen-bond acceptors (Lipinski definition) is 2. The summed E-state index contributed by atoms with van der Waals surface area (Å²) in [6.45, 7) is 0. The number of aliphatic imine (C=N–C) groups is 1. The molecule has 3 rings (SSSR count). The molecule has 3 heteroatoms. The molecule has 1 aliphatic rings. The molecular weight excluding hydrogens is 282 g/mol. The van der Waals surface area contributed by atoms with E-state index in [9.17, 15) is 0 Å². The van der Waals surface area contributed by atoms with Crippen LogP contribution in [-0.2, 0) is 0 Å². The third kappa shape index (κ3) is 1.70. The first-order chi connectivity index (χ1) is 7.84. The van der Waals surface area contributed by atoms with Gasteiger partial charge in [-0.05, 0) is 34.1 Å². The maximum Gasteiger partial charge on any atom is 0.115 e. The summed E-state index contributed by atoms with van der Waals surface area (Å²) in [5.41, 5.74) is 2.18. The van der Waals surface area contributed by atoms with Gasteiger partial charge in [0.2, 0.25) is 0 Å². The molecule has 0 bridgehead atoms. The lowest BCUT2D eigenvalue weighted by Crippen LogP contribution is -1.90. The number of nitrogens with zero attached hydrogens (tertiary/aromatic N) is 1. The van der Waals surface area contributed by atoms with Gasteiger partial charge in [0.05, 0.1) is 5.69 Å². The van der Waals surface area contributed by atoms with Crippen LogP contribution in [0.25, 0.3) is 0 Å². The summed E-state index contributed by atoms with van der Waals surface area (Å²) in [5.74, 6) is 0. The highest BCUT2D eigenvalue weighted by Gasteiger charge is 2.14. The Hall–Kier alpha value is -1.06. The van der Waals surface area contributed by atoms with Crippen molar-refractivity contribution < 1.29 is 0 Å². The van der Waals surface area contributed by atoms with Crippen molar-refractivity contribution in [1.29, 1.82) is 0 Å². The Balaban J connectivity index is 2.25. The fraction of sp³-hybridized carbons (Fsp3) is 0. The summed E-state index contributed by atoms with van der Waals surface area (Å²) in [6.07, 6.45) is 0. The standard InChI is InChI=1S/C13H8BrNS/c14-13-9-5-1-3-7-11(9)16-12-8-4-2-6-10(12)15-13/h1-8H. The van der Waals surface area contributed by atoms with Gasteiger partial charge in [-0.25, -0.2) is 4.99 Å². The summed E-state index contributed by atoms with van der Waals surface area (Å²) in [6, 6.07) is 16.5. The molecule has 0 N–H and O–H groups in total. The zero-order valence-corrected chi connectivity index (χ0v) is 10.8. The minimum atomic E-state index is 0.903. The van der Waals surface area contributed by atoms with Gasteiger partial charge in [0, 0.05) is 15.4 Å². The number of rotatable bonds is 0. The van der Waals surface area contributed by atoms with Gasteiger partial charge in [-0.3, -0.25) is 0 Å². The second-order valence-electron chi connectivity index (χ2n) is 3.47. The van der Waals surface area contributed by atoms with Crippen molar-refractivity contribution in [2.24, 2.45) is 4.99 Å². The summed E-state index contributed by atoms with van der Waals surface area (Å²) in [5, 5.41) is 0. The van der Waals surface area contributed by atoms with Crippen LogP contribution in [0.1, 0.15) is 5.56 Å². The molecule has 0 aliphatic carbocycles. The molecular formula is C13H8BrNS. The van der Waals surface area contributed by atoms with Crippen molar-refractivity contribution >= 4 is 38.0 Å². The Morgan fingerprint density at radius 3 is 2.44 bits per heavy atom. The predicted octanol–water partition coefficient (Wildman–Crippen LogP) is 4.62. The SMILES string of the molecule is BrC1=Nc2ccccc2Sc2ccccc21. The smallest absolute Gasteiger partial charge is 0.115 e. The zero-order chi connectivity index (χ0) is 11.0. The van der Waals surface area contributed by atoms with Crippen LogP contribution in [0.2, 0.25) is 0 Å². The fourth-order valence-corrected chi connectivity index (χ4v) is 3.34. The highest BCUT2D eigenvalue weighted by Crippen LogP contribution is 2.40. The highest BCUT2D eigenvalue weighted by atomic mass is 79.9. The van der Waals surface area contributed by atoms with E-state index >= 15 is 0 Å². The van der Waals surface area contributed by atoms with Crippen LogP contribution in [0.3, 0.4) is 0 Å². The molecule has 1 heterocycles. The van der Waals surface area contributed by atoms with Crippen molar-refractivity contribution in [3.63, 3.8) is 0 Å². The maximum absolute atomic E-state index is 4.59. The van der Waals surface area contributed by atoms with Gasteiger partial charge in [0.25, 0.3) is 0 Å². The van der Waals surface area contributed by atoms with Gasteiger partial charge >= 0.3 is 0 Å². The molecule has 2 aromatic carbocycles. The van der Waals surface area contributed by atoms with Crippen LogP contribution in [0.15, 0.2) is 63.3 Å². The molecule has 1 aliphatic heterocycles. The first-order valence-electron chi connectivity index (χ1n) is 4.95. The van der Waals surface area contributed by atoms with Crippen molar-refractivity contribution in [3.8, 4) is 0 Å². The van der Waals surface area contributed by atoms with Crippen molar-refractivity contribution in [2.45, 2.75) is 9.79 Å². The average molecular weight is 290 g/mol. The molecule has 0 radical (unpaired) electrons. The highest BCUT2D eigenvalue weighted by molar-refractivity contribution is 9.18. The van der Waals surface area contributed by atoms with E-state index in [2.05, 4.69) is 45.2 Å². The van der Waals surface area contributed by atoms with E-state index in [1.807, 2.05) is 24.3 Å². The molecule has 0 atom stereocenters. The van der Waals surface area contributed by atoms with E-state index in [-0.39, 0.29) is 0 Å². The second-order valence-corrected chi connectivity index (χ2v) is 5.30. The van der Waals surface area contributed by atoms with E-state index in [0.29, 0.717) is 0 Å². The molecule has 0 saturated carbocycles. The number of fused-ring (bicyclic) bond motifs is 2. The van der Waals surface area contributed by atoms with Gasteiger partial charge in [0.1, 0.15) is 4.62 Å². The van der Waals surface area contributed by atoms with E-state index in [4.69, 9.17) is 0 Å². The van der Waals surface area contributed by atoms with Crippen LogP contribution in [0.5, 0.6) is 0 Å². The van der Waals surface area contributed by atoms with Gasteiger partial charge in [-0.2, -0.15) is 0 Å². The summed E-state index contributed by atoms with van der Waals surface area (Å²) >= 11 is 5.31. The molecule has 2 aromatic rings. The summed E-state index contributed by atoms with van der Waals surface area (Å²) in [4.78, 5) is 7.03. The lowest BCUT2D eigenvalue weighted by molar-refractivity contribution is 1.38. The Kier molecular flexibility index (Phi) is 2.58. The van der Waals surface area contributed by atoms with E-state index in [1.165, 1.54) is 9.79 Å². The monoisotopic (exact) mass is 289 g/mol. The fourth-order valence-electron chi connectivity index (χ4n) is 1.65. The molecule has 1 nitrogen and oxygen atoms in total. The topological polar surface area (TPSA) is 12.4 Å². The third-order valence-electron chi connectivity index (χ3n) is 2.41. The summed E-state index contributed by atoms with van der Waals surface area (Å²) in [7, 11) is 0. The van der Waals surface area contributed by atoms with Gasteiger partial charge in [-0.1, -0.05) is 42.1 Å². The predicted molar refractivity (Wildman–Crippen MR) is 72.1 cm³/mol. The van der Waals surface area contributed by atoms with Crippen molar-refractivity contribution in [1.82, 2.24) is 0 Å². The number of benzene rings is 2. The lowest BCUT2D eigenvalue weighted by Gasteiger charge is -2.03. The third-order valence-corrected chi connectivity index (χ3v) is 4.16. The number of halogens is 1. The minimum absolute atomic E-state index is 0.903. The first kappa shape index (κ1) is 10.1. The molecule has 0 spiro atoms. The van der Waals surface area contributed by atoms with Crippen LogP contribution in [0, 0.1) is 0 Å². The number of para-hydroxylation sites is 1. The molecule has 0 amide bonds. The van der Waals surface area contributed by atoms with Crippen LogP contribution in [0.4, 0.5) is 5.69 Å². The van der Waals surface area contributed by atoms with Gasteiger partial charge in [-0.15, -0.1) is 0 Å². The van der Waals surface area contributed by atoms with Gasteiger partial charge in [0.15, 0.2) is 0 Å². The van der Waals surface area contributed by atoms with E-state index in [0.717, 1.165) is 15.9 Å². The number of hydrogen-bond donors (Lipinski definition) is 0. The largest absolute Gasteiger partial charge is 0.240 e. The van der Waals surface area contributed by atoms with E-state index < -0.39 is 0 Å². The maximum atomic E-state index is 4.59. The summed E-state index contributed by atoms with van der Waals surface area (Å²) < 4.78 is 0.903. The average Bonchev–Trinajstić information content (AvgIpc) is 2.45. The minimum Gasteiger partial charge on any atom is -0.240 e. The second kappa shape index (κ2) is 4.07. The normalized spacial score (nSPS) is 13.4. The van der Waals surface area contributed by atoms with Crippen molar-refractivity contribution in [3.05, 3.63) is 54.1 Å². The van der Waals surface area contributed by atoms with E-state index in [1.54, 1.807) is 11.8 Å². The van der Waals surface area contributed by atoms with Crippen LogP contribution >= 0.6 is 27.7 Å². The van der Waals surface area contributed by atoms with Crippen LogP contribution < -0.4 is 0 Å². The Morgan fingerprint density at radius 2 is 1.56 bits per heavy atom. The molecule has 78 valence electrons. The zero-order valence-electron chi connectivity index (χ0n) is 8.35. The first-order valence-corrected chi connectivity index (χ1v) is 6.56. The molecule has 0 saturated heterocycles. The molecule has 0 aromatic heterocycles.